The first-order valence-electron chi connectivity index (χ1n) is 6.01. The fourth-order valence-corrected chi connectivity index (χ4v) is 2.80. The van der Waals surface area contributed by atoms with Crippen LogP contribution in [-0.2, 0) is 0 Å². The van der Waals surface area contributed by atoms with Crippen LogP contribution in [-0.4, -0.2) is 0 Å². The lowest BCUT2D eigenvalue weighted by molar-refractivity contribution is 0.558. The quantitative estimate of drug-likeness (QED) is 0.492. The van der Waals surface area contributed by atoms with Crippen molar-refractivity contribution in [3.63, 3.8) is 0 Å². The highest BCUT2D eigenvalue weighted by Gasteiger charge is 2.19. The SMILES string of the molecule is Cc1ccc(F)c(C(NN)c2cccc(C)c2I)c1. The number of nitrogens with one attached hydrogen (secondary N) is 1. The van der Waals surface area contributed by atoms with Crippen LogP contribution in [0.15, 0.2) is 36.4 Å². The molecule has 0 fully saturated rings. The van der Waals surface area contributed by atoms with Gasteiger partial charge in [-0.05, 0) is 53.6 Å². The molecule has 100 valence electrons. The lowest BCUT2D eigenvalue weighted by atomic mass is 9.96. The van der Waals surface area contributed by atoms with E-state index in [4.69, 9.17) is 5.84 Å². The molecule has 0 aliphatic heterocycles. The molecule has 0 spiro atoms. The smallest absolute Gasteiger partial charge is 0.128 e. The van der Waals surface area contributed by atoms with E-state index in [1.54, 1.807) is 6.07 Å². The highest BCUT2D eigenvalue weighted by Crippen LogP contribution is 2.29. The van der Waals surface area contributed by atoms with E-state index >= 15 is 0 Å². The minimum atomic E-state index is -0.341. The van der Waals surface area contributed by atoms with Gasteiger partial charge in [0.2, 0.25) is 0 Å². The number of rotatable bonds is 3. The molecule has 19 heavy (non-hydrogen) atoms. The maximum absolute atomic E-state index is 14.0. The summed E-state index contributed by atoms with van der Waals surface area (Å²) in [7, 11) is 0. The molecule has 0 saturated heterocycles. The first-order valence-corrected chi connectivity index (χ1v) is 7.09. The van der Waals surface area contributed by atoms with Gasteiger partial charge in [0.15, 0.2) is 0 Å². The topological polar surface area (TPSA) is 38.0 Å². The van der Waals surface area contributed by atoms with Gasteiger partial charge in [-0.25, -0.2) is 9.82 Å². The molecule has 3 N–H and O–H groups in total. The molecule has 0 aliphatic rings. The summed E-state index contributed by atoms with van der Waals surface area (Å²) in [5.41, 5.74) is 6.47. The number of benzene rings is 2. The molecule has 4 heteroatoms. The summed E-state index contributed by atoms with van der Waals surface area (Å²) < 4.78 is 15.1. The fraction of sp³-hybridized carbons (Fsp3) is 0.200. The Labute approximate surface area is 126 Å². The predicted octanol–water partition coefficient (Wildman–Crippen LogP) is 3.60. The van der Waals surface area contributed by atoms with Gasteiger partial charge in [0, 0.05) is 9.13 Å². The van der Waals surface area contributed by atoms with Gasteiger partial charge in [0.25, 0.3) is 0 Å². The Hall–Kier alpha value is -0.980. The Balaban J connectivity index is 2.56. The Kier molecular flexibility index (Phi) is 4.54. The normalized spacial score (nSPS) is 12.5. The van der Waals surface area contributed by atoms with Crippen molar-refractivity contribution in [3.05, 3.63) is 68.0 Å². The number of hydrogen-bond donors (Lipinski definition) is 2. The summed E-state index contributed by atoms with van der Waals surface area (Å²) in [6, 6.07) is 10.7. The predicted molar refractivity (Wildman–Crippen MR) is 84.2 cm³/mol. The molecule has 2 aromatic carbocycles. The average Bonchev–Trinajstić information content (AvgIpc) is 2.39. The van der Waals surface area contributed by atoms with Gasteiger partial charge in [-0.2, -0.15) is 0 Å². The van der Waals surface area contributed by atoms with E-state index in [0.717, 1.165) is 20.3 Å². The van der Waals surface area contributed by atoms with Crippen LogP contribution >= 0.6 is 22.6 Å². The van der Waals surface area contributed by atoms with Crippen molar-refractivity contribution in [1.29, 1.82) is 0 Å². The lowest BCUT2D eigenvalue weighted by Crippen LogP contribution is -2.30. The van der Waals surface area contributed by atoms with Crippen LogP contribution in [0.1, 0.15) is 28.3 Å². The molecular formula is C15H16FIN2. The van der Waals surface area contributed by atoms with Crippen molar-refractivity contribution in [2.24, 2.45) is 5.84 Å². The van der Waals surface area contributed by atoms with E-state index in [2.05, 4.69) is 28.0 Å². The van der Waals surface area contributed by atoms with E-state index in [1.165, 1.54) is 6.07 Å². The summed E-state index contributed by atoms with van der Waals surface area (Å²) >= 11 is 2.27. The Morgan fingerprint density at radius 1 is 1.16 bits per heavy atom. The van der Waals surface area contributed by atoms with Gasteiger partial charge >= 0.3 is 0 Å². The summed E-state index contributed by atoms with van der Waals surface area (Å²) in [5.74, 6) is 5.41. The van der Waals surface area contributed by atoms with Crippen molar-refractivity contribution < 1.29 is 4.39 Å². The maximum Gasteiger partial charge on any atom is 0.128 e. The van der Waals surface area contributed by atoms with Gasteiger partial charge in [-0.15, -0.1) is 0 Å². The van der Waals surface area contributed by atoms with Crippen LogP contribution in [0.5, 0.6) is 0 Å². The monoisotopic (exact) mass is 370 g/mol. The van der Waals surface area contributed by atoms with E-state index in [0.29, 0.717) is 5.56 Å². The molecule has 0 bridgehead atoms. The third-order valence-corrected chi connectivity index (χ3v) is 4.64. The largest absolute Gasteiger partial charge is 0.271 e. The van der Waals surface area contributed by atoms with Crippen LogP contribution in [0.25, 0.3) is 0 Å². The number of halogens is 2. The first-order chi connectivity index (χ1) is 9.04. The number of hydrazine groups is 1. The van der Waals surface area contributed by atoms with E-state index in [-0.39, 0.29) is 11.9 Å². The zero-order valence-electron chi connectivity index (χ0n) is 10.9. The molecular weight excluding hydrogens is 354 g/mol. The number of hydrogen-bond acceptors (Lipinski definition) is 2. The van der Waals surface area contributed by atoms with Crippen molar-refractivity contribution in [3.8, 4) is 0 Å². The molecule has 0 amide bonds. The molecule has 2 nitrogen and oxygen atoms in total. The molecule has 0 aliphatic carbocycles. The standard InChI is InChI=1S/C15H16FIN2/c1-9-6-7-13(16)12(8-9)15(19-18)11-5-3-4-10(2)14(11)17/h3-8,15,19H,18H2,1-2H3. The molecule has 2 aromatic rings. The third kappa shape index (κ3) is 2.96. The van der Waals surface area contributed by atoms with Gasteiger partial charge in [0.05, 0.1) is 6.04 Å². The molecule has 0 heterocycles. The van der Waals surface area contributed by atoms with Crippen LogP contribution in [0.3, 0.4) is 0 Å². The third-order valence-electron chi connectivity index (χ3n) is 3.16. The van der Waals surface area contributed by atoms with Crippen LogP contribution < -0.4 is 11.3 Å². The summed E-state index contributed by atoms with van der Waals surface area (Å²) in [4.78, 5) is 0. The van der Waals surface area contributed by atoms with Gasteiger partial charge in [-0.3, -0.25) is 5.84 Å². The van der Waals surface area contributed by atoms with Crippen molar-refractivity contribution in [2.45, 2.75) is 19.9 Å². The number of aryl methyl sites for hydroxylation is 2. The molecule has 0 radical (unpaired) electrons. The molecule has 1 atom stereocenters. The Morgan fingerprint density at radius 2 is 1.89 bits per heavy atom. The van der Waals surface area contributed by atoms with Crippen molar-refractivity contribution in [2.75, 3.05) is 0 Å². The average molecular weight is 370 g/mol. The molecule has 2 rings (SSSR count). The molecule has 0 aromatic heterocycles. The van der Waals surface area contributed by atoms with Gasteiger partial charge in [0.1, 0.15) is 5.82 Å². The van der Waals surface area contributed by atoms with Crippen molar-refractivity contribution >= 4 is 22.6 Å². The molecule has 1 unspecified atom stereocenters. The van der Waals surface area contributed by atoms with E-state index < -0.39 is 0 Å². The van der Waals surface area contributed by atoms with Gasteiger partial charge < -0.3 is 0 Å². The lowest BCUT2D eigenvalue weighted by Gasteiger charge is -2.20. The van der Waals surface area contributed by atoms with Crippen molar-refractivity contribution in [1.82, 2.24) is 5.43 Å². The van der Waals surface area contributed by atoms with Gasteiger partial charge in [-0.1, -0.05) is 35.9 Å². The summed E-state index contributed by atoms with van der Waals surface area (Å²) in [6.45, 7) is 3.98. The second kappa shape index (κ2) is 5.98. The van der Waals surface area contributed by atoms with E-state index in [9.17, 15) is 4.39 Å². The fourth-order valence-electron chi connectivity index (χ4n) is 2.12. The van der Waals surface area contributed by atoms with Crippen LogP contribution in [0.2, 0.25) is 0 Å². The molecule has 0 saturated carbocycles. The van der Waals surface area contributed by atoms with E-state index in [1.807, 2.05) is 38.1 Å². The van der Waals surface area contributed by atoms with Crippen LogP contribution in [0, 0.1) is 23.2 Å². The highest BCUT2D eigenvalue weighted by atomic mass is 127. The second-order valence-corrected chi connectivity index (χ2v) is 5.68. The maximum atomic E-state index is 14.0. The Bertz CT molecular complexity index is 597. The number of nitrogens with two attached hydrogens (primary N) is 1. The summed E-state index contributed by atoms with van der Waals surface area (Å²) in [5, 5.41) is 0. The highest BCUT2D eigenvalue weighted by molar-refractivity contribution is 14.1. The minimum Gasteiger partial charge on any atom is -0.271 e. The first kappa shape index (κ1) is 14.4. The Morgan fingerprint density at radius 3 is 2.58 bits per heavy atom. The van der Waals surface area contributed by atoms with Crippen LogP contribution in [0.4, 0.5) is 4.39 Å². The second-order valence-electron chi connectivity index (χ2n) is 4.60. The zero-order chi connectivity index (χ0) is 14.0. The summed E-state index contributed by atoms with van der Waals surface area (Å²) in [6.07, 6.45) is 0. The minimum absolute atomic E-state index is 0.245. The zero-order valence-corrected chi connectivity index (χ0v) is 13.0.